The van der Waals surface area contributed by atoms with Crippen molar-refractivity contribution in [1.82, 2.24) is 4.57 Å². The van der Waals surface area contributed by atoms with Gasteiger partial charge in [0, 0.05) is 21.8 Å². The largest absolute Gasteiger partial charge is 0.333 e. The van der Waals surface area contributed by atoms with E-state index >= 15 is 0 Å². The average Bonchev–Trinajstić information content (AvgIpc) is 3.55. The Kier molecular flexibility index (Phi) is 6.11. The second-order valence-electron chi connectivity index (χ2n) is 14.6. The van der Waals surface area contributed by atoms with Crippen LogP contribution in [-0.2, 0) is 10.8 Å². The van der Waals surface area contributed by atoms with Crippen molar-refractivity contribution < 1.29 is 0 Å². The summed E-state index contributed by atoms with van der Waals surface area (Å²) in [4.78, 5) is 0. The van der Waals surface area contributed by atoms with E-state index in [9.17, 15) is 0 Å². The molecule has 5 aliphatic carbocycles. The Hall–Kier alpha value is -5.92. The molecule has 7 aromatic rings. The van der Waals surface area contributed by atoms with Crippen molar-refractivity contribution in [3.8, 4) is 0 Å². The average molecular weight is 652 g/mol. The van der Waals surface area contributed by atoms with E-state index < -0.39 is 5.41 Å². The van der Waals surface area contributed by atoms with Gasteiger partial charge < -0.3 is 4.57 Å². The molecule has 12 rings (SSSR count). The van der Waals surface area contributed by atoms with Crippen molar-refractivity contribution in [2.45, 2.75) is 36.1 Å². The molecule has 51 heavy (non-hydrogen) atoms. The van der Waals surface area contributed by atoms with Crippen molar-refractivity contribution >= 4 is 27.4 Å². The third-order valence-electron chi connectivity index (χ3n) is 12.4. The molecule has 1 heteroatoms. The molecule has 0 spiro atoms. The highest BCUT2D eigenvalue weighted by Gasteiger charge is 2.60. The number of hydrogen-bond donors (Lipinski definition) is 0. The Morgan fingerprint density at radius 1 is 0.529 bits per heavy atom. The van der Waals surface area contributed by atoms with Crippen LogP contribution in [0.15, 0.2) is 193 Å². The molecule has 3 unspecified atom stereocenters. The lowest BCUT2D eigenvalue weighted by atomic mass is 9.43. The normalized spacial score (nSPS) is 22.9. The Morgan fingerprint density at radius 2 is 1.12 bits per heavy atom. The molecule has 2 bridgehead atoms. The molecule has 3 atom stereocenters. The Bertz CT molecular complexity index is 2610. The van der Waals surface area contributed by atoms with Gasteiger partial charge in [-0.1, -0.05) is 164 Å². The molecule has 0 fully saturated rings. The zero-order valence-corrected chi connectivity index (χ0v) is 28.5. The lowest BCUT2D eigenvalue weighted by Gasteiger charge is -2.58. The third kappa shape index (κ3) is 3.71. The van der Waals surface area contributed by atoms with Crippen molar-refractivity contribution in [3.05, 3.63) is 232 Å². The lowest BCUT2D eigenvalue weighted by molar-refractivity contribution is 0.525. The SMILES string of the molecule is C1=CC2=C(CC1)C1(c3ccccc3)c3ccccc3C2(c2ccccc2)c2cc(C3=CCC(n4c5ccccc5c5ccccc54)C=C3)ccc21. The molecule has 5 aliphatic rings. The molecular formula is C50H37N. The molecule has 1 heterocycles. The van der Waals surface area contributed by atoms with E-state index in [1.807, 2.05) is 0 Å². The van der Waals surface area contributed by atoms with E-state index in [2.05, 4.69) is 187 Å². The van der Waals surface area contributed by atoms with Crippen LogP contribution in [-0.4, -0.2) is 4.57 Å². The number of rotatable bonds is 4. The summed E-state index contributed by atoms with van der Waals surface area (Å²) < 4.78 is 2.54. The van der Waals surface area contributed by atoms with E-state index in [1.54, 1.807) is 5.57 Å². The van der Waals surface area contributed by atoms with Gasteiger partial charge in [0.1, 0.15) is 0 Å². The first-order valence-corrected chi connectivity index (χ1v) is 18.4. The summed E-state index contributed by atoms with van der Waals surface area (Å²) in [5, 5.41) is 2.65. The summed E-state index contributed by atoms with van der Waals surface area (Å²) in [6.07, 6.45) is 15.2. The Morgan fingerprint density at radius 3 is 1.78 bits per heavy atom. The molecular weight excluding hydrogens is 615 g/mol. The molecule has 0 aliphatic heterocycles. The lowest BCUT2D eigenvalue weighted by Crippen LogP contribution is -2.52. The van der Waals surface area contributed by atoms with Crippen LogP contribution < -0.4 is 0 Å². The molecule has 0 saturated heterocycles. The molecule has 1 nitrogen and oxygen atoms in total. The van der Waals surface area contributed by atoms with Gasteiger partial charge in [0.25, 0.3) is 0 Å². The van der Waals surface area contributed by atoms with Crippen LogP contribution in [0.1, 0.15) is 64.2 Å². The van der Waals surface area contributed by atoms with Crippen LogP contribution in [0.2, 0.25) is 0 Å². The first-order chi connectivity index (χ1) is 25.3. The van der Waals surface area contributed by atoms with E-state index in [0.29, 0.717) is 0 Å². The Balaban J connectivity index is 1.12. The van der Waals surface area contributed by atoms with E-state index in [4.69, 9.17) is 0 Å². The Labute approximate surface area is 299 Å². The summed E-state index contributed by atoms with van der Waals surface area (Å²) in [7, 11) is 0. The molecule has 1 aromatic heterocycles. The topological polar surface area (TPSA) is 4.93 Å². The van der Waals surface area contributed by atoms with Gasteiger partial charge in [-0.05, 0) is 93.1 Å². The zero-order chi connectivity index (χ0) is 33.6. The summed E-state index contributed by atoms with van der Waals surface area (Å²) in [6, 6.07) is 57.4. The molecule has 6 aromatic carbocycles. The third-order valence-corrected chi connectivity index (χ3v) is 12.4. The fraction of sp³-hybridized carbons (Fsp3) is 0.120. The molecule has 0 saturated carbocycles. The van der Waals surface area contributed by atoms with Crippen LogP contribution in [0, 0.1) is 0 Å². The zero-order valence-electron chi connectivity index (χ0n) is 28.5. The summed E-state index contributed by atoms with van der Waals surface area (Å²) in [5.41, 5.74) is 15.9. The first-order valence-electron chi connectivity index (χ1n) is 18.4. The van der Waals surface area contributed by atoms with Gasteiger partial charge in [0.2, 0.25) is 0 Å². The van der Waals surface area contributed by atoms with E-state index in [-0.39, 0.29) is 11.5 Å². The van der Waals surface area contributed by atoms with Crippen LogP contribution >= 0.6 is 0 Å². The fourth-order valence-corrected chi connectivity index (χ4v) is 10.5. The van der Waals surface area contributed by atoms with Crippen molar-refractivity contribution in [1.29, 1.82) is 0 Å². The first kappa shape index (κ1) is 28.9. The standard InChI is InChI=1S/C50H37N/c1-3-15-36(16-4-1)49-41-21-9-11-23-43(41)50(37-17-5-2-6-18-37,44-24-12-10-22-42(44)49)46-33-35(29-32-45(46)49)34-27-30-38(31-28-34)51-47-25-13-7-19-39(47)40-20-8-14-26-48(40)51/h1-9,11-21,23-30,32-33,38H,10,22,31H2. The highest BCUT2D eigenvalue weighted by atomic mass is 15.0. The minimum absolute atomic E-state index is 0.260. The maximum atomic E-state index is 2.55. The number of fused-ring (bicyclic) bond motifs is 3. The number of benzene rings is 6. The predicted octanol–water partition coefficient (Wildman–Crippen LogP) is 12.0. The minimum atomic E-state index is -0.392. The van der Waals surface area contributed by atoms with Gasteiger partial charge in [0.05, 0.1) is 16.9 Å². The molecule has 0 N–H and O–H groups in total. The molecule has 0 amide bonds. The number of allylic oxidation sites excluding steroid dienone is 8. The number of para-hydroxylation sites is 2. The summed E-state index contributed by atoms with van der Waals surface area (Å²) in [6.45, 7) is 0. The number of nitrogens with zero attached hydrogens (tertiary/aromatic N) is 1. The van der Waals surface area contributed by atoms with Crippen molar-refractivity contribution in [2.75, 3.05) is 0 Å². The van der Waals surface area contributed by atoms with Crippen LogP contribution in [0.5, 0.6) is 0 Å². The highest BCUT2D eigenvalue weighted by molar-refractivity contribution is 6.08. The highest BCUT2D eigenvalue weighted by Crippen LogP contribution is 2.67. The van der Waals surface area contributed by atoms with Crippen molar-refractivity contribution in [3.63, 3.8) is 0 Å². The quantitative estimate of drug-likeness (QED) is 0.178. The van der Waals surface area contributed by atoms with Crippen LogP contribution in [0.25, 0.3) is 27.4 Å². The molecule has 242 valence electrons. The second-order valence-corrected chi connectivity index (χ2v) is 14.6. The van der Waals surface area contributed by atoms with Crippen molar-refractivity contribution in [2.24, 2.45) is 0 Å². The fourth-order valence-electron chi connectivity index (χ4n) is 10.5. The van der Waals surface area contributed by atoms with Gasteiger partial charge in [0.15, 0.2) is 0 Å². The van der Waals surface area contributed by atoms with Gasteiger partial charge in [-0.3, -0.25) is 0 Å². The maximum Gasteiger partial charge on any atom is 0.0708 e. The van der Waals surface area contributed by atoms with E-state index in [0.717, 1.165) is 19.3 Å². The summed E-state index contributed by atoms with van der Waals surface area (Å²) >= 11 is 0. The summed E-state index contributed by atoms with van der Waals surface area (Å²) in [5.74, 6) is 0. The van der Waals surface area contributed by atoms with Gasteiger partial charge in [-0.15, -0.1) is 0 Å². The van der Waals surface area contributed by atoms with Gasteiger partial charge >= 0.3 is 0 Å². The van der Waals surface area contributed by atoms with Gasteiger partial charge in [-0.25, -0.2) is 0 Å². The smallest absolute Gasteiger partial charge is 0.0708 e. The second kappa shape index (κ2) is 10.8. The number of aromatic nitrogens is 1. The molecule has 0 radical (unpaired) electrons. The van der Waals surface area contributed by atoms with Crippen LogP contribution in [0.3, 0.4) is 0 Å². The number of hydrogen-bond acceptors (Lipinski definition) is 0. The monoisotopic (exact) mass is 651 g/mol. The predicted molar refractivity (Wildman–Crippen MR) is 211 cm³/mol. The minimum Gasteiger partial charge on any atom is -0.333 e. The maximum absolute atomic E-state index is 2.55. The van der Waals surface area contributed by atoms with Gasteiger partial charge in [-0.2, -0.15) is 0 Å². The van der Waals surface area contributed by atoms with Crippen LogP contribution in [0.4, 0.5) is 0 Å². The van der Waals surface area contributed by atoms with E-state index in [1.165, 1.54) is 71.9 Å².